The van der Waals surface area contributed by atoms with Crippen molar-refractivity contribution < 1.29 is 43.0 Å². The van der Waals surface area contributed by atoms with Crippen LogP contribution in [0.1, 0.15) is 27.2 Å². The van der Waals surface area contributed by atoms with Crippen molar-refractivity contribution in [1.29, 1.82) is 0 Å². The lowest BCUT2D eigenvalue weighted by Gasteiger charge is -2.21. The van der Waals surface area contributed by atoms with Crippen LogP contribution in [0.4, 0.5) is 4.79 Å². The Hall–Kier alpha value is -0.960. The molecule has 2 amide bonds. The molecule has 148 valence electrons. The van der Waals surface area contributed by atoms with E-state index in [4.69, 9.17) is 24.3 Å². The van der Waals surface area contributed by atoms with Crippen LogP contribution in [-0.2, 0) is 18.7 Å². The minimum Gasteiger partial charge on any atom is -0.463 e. The van der Waals surface area contributed by atoms with Gasteiger partial charge in [0.15, 0.2) is 0 Å². The van der Waals surface area contributed by atoms with E-state index in [0.29, 0.717) is 6.42 Å². The first-order chi connectivity index (χ1) is 11.2. The molecule has 11 nitrogen and oxygen atoms in total. The Bertz CT molecular complexity index is 531. The van der Waals surface area contributed by atoms with E-state index >= 15 is 0 Å². The molecule has 0 fully saturated rings. The second kappa shape index (κ2) is 9.66. The number of hydrogen-bond acceptors (Lipinski definition) is 5. The molecule has 0 aromatic rings. The summed E-state index contributed by atoms with van der Waals surface area (Å²) >= 11 is 0. The number of amides is 2. The molecule has 25 heavy (non-hydrogen) atoms. The Balaban J connectivity index is 4.41. The van der Waals surface area contributed by atoms with Crippen molar-refractivity contribution in [3.8, 4) is 0 Å². The van der Waals surface area contributed by atoms with Crippen LogP contribution in [0.3, 0.4) is 0 Å². The zero-order chi connectivity index (χ0) is 19.9. The lowest BCUT2D eigenvalue weighted by molar-refractivity contribution is -0.153. The van der Waals surface area contributed by atoms with Gasteiger partial charge in [-0.2, -0.15) is 0 Å². The van der Waals surface area contributed by atoms with Gasteiger partial charge in [0, 0.05) is 0 Å². The van der Waals surface area contributed by atoms with Crippen LogP contribution in [0.5, 0.6) is 0 Å². The number of hydrogen-bond donors (Lipinski definition) is 6. The summed E-state index contributed by atoms with van der Waals surface area (Å²) in [7, 11) is -9.17. The summed E-state index contributed by atoms with van der Waals surface area (Å²) in [6, 6.07) is -2.30. The topological polar surface area (TPSA) is 182 Å². The van der Waals surface area contributed by atoms with Gasteiger partial charge in [-0.15, -0.1) is 0 Å². The Morgan fingerprint density at radius 1 is 1.08 bits per heavy atom. The molecule has 0 atom stereocenters. The highest BCUT2D eigenvalue weighted by Crippen LogP contribution is 2.40. The summed E-state index contributed by atoms with van der Waals surface area (Å²) in [5.74, 6) is -0.432. The number of ether oxygens (including phenoxy) is 1. The van der Waals surface area contributed by atoms with Crippen molar-refractivity contribution >= 4 is 27.2 Å². The third kappa shape index (κ3) is 12.1. The van der Waals surface area contributed by atoms with E-state index in [9.17, 15) is 18.7 Å². The molecule has 0 aromatic heterocycles. The third-order valence-corrected chi connectivity index (χ3v) is 5.14. The van der Waals surface area contributed by atoms with Gasteiger partial charge in [0.05, 0.1) is 30.3 Å². The van der Waals surface area contributed by atoms with Gasteiger partial charge in [-0.05, 0) is 20.3 Å². The van der Waals surface area contributed by atoms with Crippen molar-refractivity contribution in [3.05, 3.63) is 0 Å². The second-order valence-corrected chi connectivity index (χ2v) is 9.55. The molecule has 0 heterocycles. The van der Waals surface area contributed by atoms with Crippen LogP contribution in [0.25, 0.3) is 0 Å². The molecule has 0 spiro atoms. The number of rotatable bonds is 10. The van der Waals surface area contributed by atoms with Crippen LogP contribution < -0.4 is 10.6 Å². The van der Waals surface area contributed by atoms with Crippen LogP contribution >= 0.6 is 15.2 Å². The Kier molecular flexibility index (Phi) is 9.29. The van der Waals surface area contributed by atoms with Gasteiger partial charge in [0.1, 0.15) is 6.61 Å². The van der Waals surface area contributed by atoms with Crippen molar-refractivity contribution in [2.45, 2.75) is 33.2 Å². The molecule has 0 aromatic carbocycles. The molecule has 0 saturated heterocycles. The lowest BCUT2D eigenvalue weighted by Crippen LogP contribution is -2.46. The summed E-state index contributed by atoms with van der Waals surface area (Å²) < 4.78 is 26.9. The van der Waals surface area contributed by atoms with Crippen molar-refractivity contribution in [2.75, 3.05) is 25.5 Å². The molecule has 0 rings (SSSR count). The van der Waals surface area contributed by atoms with Gasteiger partial charge >= 0.3 is 27.2 Å². The standard InChI is InChI=1S/C12H26N2O9P2/c1-4-12(2,3)10(15)23-6-5-13-11(16)14-9(7-24(17,18)19)8-25(20,21)22/h9H,4-8H2,1-3H3,(H2,13,14,16)(H2,17,18,19)(H2,20,21,22). The zero-order valence-electron chi connectivity index (χ0n) is 14.3. The molecule has 0 saturated carbocycles. The normalized spacial score (nSPS) is 12.8. The van der Waals surface area contributed by atoms with E-state index in [1.165, 1.54) is 0 Å². The van der Waals surface area contributed by atoms with Gasteiger partial charge in [-0.1, -0.05) is 6.92 Å². The molecule has 0 bridgehead atoms. The lowest BCUT2D eigenvalue weighted by atomic mass is 9.91. The fourth-order valence-electron chi connectivity index (χ4n) is 1.61. The number of esters is 1. The molecule has 0 aliphatic heterocycles. The predicted octanol–water partition coefficient (Wildman–Crippen LogP) is -0.0110. The molecule has 0 radical (unpaired) electrons. The maximum Gasteiger partial charge on any atom is 0.327 e. The van der Waals surface area contributed by atoms with E-state index in [1.54, 1.807) is 13.8 Å². The summed E-state index contributed by atoms with van der Waals surface area (Å²) in [5, 5.41) is 4.36. The fraction of sp³-hybridized carbons (Fsp3) is 0.833. The summed E-state index contributed by atoms with van der Waals surface area (Å²) in [4.78, 5) is 59.0. The Morgan fingerprint density at radius 3 is 1.96 bits per heavy atom. The van der Waals surface area contributed by atoms with Gasteiger partial charge in [0.2, 0.25) is 0 Å². The predicted molar refractivity (Wildman–Crippen MR) is 89.2 cm³/mol. The average Bonchev–Trinajstić information content (AvgIpc) is 2.39. The first kappa shape index (κ1) is 24.0. The largest absolute Gasteiger partial charge is 0.463 e. The van der Waals surface area contributed by atoms with Crippen molar-refractivity contribution in [2.24, 2.45) is 5.41 Å². The quantitative estimate of drug-likeness (QED) is 0.166. The van der Waals surface area contributed by atoms with E-state index in [1.807, 2.05) is 6.92 Å². The smallest absolute Gasteiger partial charge is 0.327 e. The van der Waals surface area contributed by atoms with Gasteiger partial charge < -0.3 is 34.9 Å². The number of urea groups is 1. The minimum atomic E-state index is -4.59. The number of nitrogens with one attached hydrogen (secondary N) is 2. The van der Waals surface area contributed by atoms with Crippen LogP contribution in [0, 0.1) is 5.41 Å². The summed E-state index contributed by atoms with van der Waals surface area (Å²) in [5.41, 5.74) is -0.653. The molecule has 0 unspecified atom stereocenters. The highest BCUT2D eigenvalue weighted by molar-refractivity contribution is 7.53. The van der Waals surface area contributed by atoms with Gasteiger partial charge in [0.25, 0.3) is 0 Å². The summed E-state index contributed by atoms with van der Waals surface area (Å²) in [6.45, 7) is 5.07. The number of carbonyl (C=O) groups excluding carboxylic acids is 2. The van der Waals surface area contributed by atoms with Gasteiger partial charge in [-0.3, -0.25) is 13.9 Å². The van der Waals surface area contributed by atoms with E-state index < -0.39 is 51.0 Å². The monoisotopic (exact) mass is 404 g/mol. The maximum absolute atomic E-state index is 11.7. The van der Waals surface area contributed by atoms with Crippen LogP contribution in [-0.4, -0.2) is 63.1 Å². The minimum absolute atomic E-state index is 0.0735. The molecular formula is C12H26N2O9P2. The van der Waals surface area contributed by atoms with Crippen molar-refractivity contribution in [3.63, 3.8) is 0 Å². The first-order valence-corrected chi connectivity index (χ1v) is 11.1. The van der Waals surface area contributed by atoms with E-state index in [2.05, 4.69) is 10.6 Å². The first-order valence-electron chi connectivity index (χ1n) is 7.47. The zero-order valence-corrected chi connectivity index (χ0v) is 16.1. The van der Waals surface area contributed by atoms with E-state index in [-0.39, 0.29) is 13.2 Å². The fourth-order valence-corrected chi connectivity index (χ4v) is 3.40. The highest BCUT2D eigenvalue weighted by atomic mass is 31.2. The molecule has 13 heteroatoms. The van der Waals surface area contributed by atoms with Crippen LogP contribution in [0.2, 0.25) is 0 Å². The van der Waals surface area contributed by atoms with Gasteiger partial charge in [-0.25, -0.2) is 4.79 Å². The van der Waals surface area contributed by atoms with E-state index in [0.717, 1.165) is 0 Å². The Morgan fingerprint density at radius 2 is 1.56 bits per heavy atom. The third-order valence-electron chi connectivity index (χ3n) is 3.31. The molecule has 6 N–H and O–H groups in total. The maximum atomic E-state index is 11.7. The molecule has 0 aliphatic rings. The van der Waals surface area contributed by atoms with Crippen molar-refractivity contribution in [1.82, 2.24) is 10.6 Å². The highest BCUT2D eigenvalue weighted by Gasteiger charge is 2.29. The summed E-state index contributed by atoms with van der Waals surface area (Å²) in [6.07, 6.45) is -1.25. The SMILES string of the molecule is CCC(C)(C)C(=O)OCCNC(=O)NC(CP(=O)(O)O)CP(=O)(O)O. The number of carbonyl (C=O) groups is 2. The molecule has 0 aliphatic carbocycles. The average molecular weight is 404 g/mol. The Labute approximate surface area is 145 Å². The molecular weight excluding hydrogens is 378 g/mol. The van der Waals surface area contributed by atoms with Crippen LogP contribution in [0.15, 0.2) is 0 Å². The second-order valence-electron chi connectivity index (χ2n) is 6.17.